The van der Waals surface area contributed by atoms with Crippen LogP contribution >= 0.6 is 23.5 Å². The van der Waals surface area contributed by atoms with E-state index in [9.17, 15) is 4.48 Å². The number of halogens is 2. The summed E-state index contributed by atoms with van der Waals surface area (Å²) < 4.78 is 17.0. The molecule has 1 aliphatic heterocycles. The number of nitrogens with zero attached hydrogens (tertiary/aromatic N) is 4. The predicted octanol–water partition coefficient (Wildman–Crippen LogP) is 5.34. The van der Waals surface area contributed by atoms with Crippen LogP contribution in [0.2, 0.25) is 5.02 Å². The highest BCUT2D eigenvalue weighted by Crippen LogP contribution is 2.50. The summed E-state index contributed by atoms with van der Waals surface area (Å²) in [6, 6.07) is 18.1. The molecule has 2 aromatic carbocycles. The van der Waals surface area contributed by atoms with E-state index in [1.165, 1.54) is 17.0 Å². The average Bonchev–Trinajstić information content (AvgIpc) is 3.48. The van der Waals surface area contributed by atoms with Gasteiger partial charge in [-0.15, -0.1) is 0 Å². The first-order valence-corrected chi connectivity index (χ1v) is 10.9. The molecule has 0 fully saturated rings. The van der Waals surface area contributed by atoms with Crippen molar-refractivity contribution in [1.29, 1.82) is 0 Å². The summed E-state index contributed by atoms with van der Waals surface area (Å²) in [6.45, 7) is 1.92. The molecule has 0 atom stereocenters. The van der Waals surface area contributed by atoms with Gasteiger partial charge in [0.1, 0.15) is 5.69 Å². The molecule has 31 heavy (non-hydrogen) atoms. The highest BCUT2D eigenvalue weighted by molar-refractivity contribution is 7.97. The Hall–Kier alpha value is -2.20. The number of rotatable bonds is 9. The number of anilines is 2. The van der Waals surface area contributed by atoms with Crippen LogP contribution in [0.25, 0.3) is 22.4 Å². The zero-order valence-corrected chi connectivity index (χ0v) is 19.0. The van der Waals surface area contributed by atoms with Crippen LogP contribution in [-0.2, 0) is 4.84 Å². The van der Waals surface area contributed by atoms with E-state index in [1.54, 1.807) is 18.0 Å². The number of pyridine rings is 1. The summed E-state index contributed by atoms with van der Waals surface area (Å²) in [5.41, 5.74) is 4.28. The Labute approximate surface area is 190 Å². The van der Waals surface area contributed by atoms with E-state index in [4.69, 9.17) is 11.6 Å². The molecule has 0 amide bonds. The van der Waals surface area contributed by atoms with Crippen molar-refractivity contribution in [2.75, 3.05) is 39.3 Å². The molecule has 9 heteroatoms. The van der Waals surface area contributed by atoms with E-state index in [1.807, 2.05) is 24.3 Å². The SMILES string of the molecule is CON(F)N1c2cc(Cl)c(-c3ccc(-c4ccc(SNCCN(C)C)cc4)cc3)nc21. The van der Waals surface area contributed by atoms with Crippen LogP contribution < -0.4 is 9.73 Å². The summed E-state index contributed by atoms with van der Waals surface area (Å²) >= 11 is 8.01. The molecular weight excluding hydrogens is 437 g/mol. The van der Waals surface area contributed by atoms with Gasteiger partial charge >= 0.3 is 0 Å². The third kappa shape index (κ3) is 5.01. The lowest BCUT2D eigenvalue weighted by Gasteiger charge is -2.10. The Balaban J connectivity index is 1.43. The fourth-order valence-electron chi connectivity index (χ4n) is 3.12. The van der Waals surface area contributed by atoms with E-state index in [0.717, 1.165) is 29.8 Å². The molecule has 0 saturated heterocycles. The van der Waals surface area contributed by atoms with Crippen LogP contribution in [0.3, 0.4) is 0 Å². The molecule has 0 saturated carbocycles. The van der Waals surface area contributed by atoms with Crippen molar-refractivity contribution in [3.05, 3.63) is 59.6 Å². The molecule has 1 N–H and O–H groups in total. The second-order valence-electron chi connectivity index (χ2n) is 7.28. The molecule has 6 nitrogen and oxygen atoms in total. The number of hydrogen-bond donors (Lipinski definition) is 1. The molecule has 0 aliphatic carbocycles. The Morgan fingerprint density at radius 1 is 1.06 bits per heavy atom. The van der Waals surface area contributed by atoms with Gasteiger partial charge in [-0.25, -0.2) is 4.98 Å². The van der Waals surface area contributed by atoms with E-state index < -0.39 is 0 Å². The van der Waals surface area contributed by atoms with Crippen molar-refractivity contribution < 1.29 is 9.32 Å². The van der Waals surface area contributed by atoms with Crippen LogP contribution in [0, 0.1) is 0 Å². The maximum Gasteiger partial charge on any atom is 0.178 e. The van der Waals surface area contributed by atoms with Crippen molar-refractivity contribution in [2.24, 2.45) is 0 Å². The Kier molecular flexibility index (Phi) is 6.76. The number of likely N-dealkylation sites (N-methyl/N-ethyl adjacent to an activating group) is 1. The molecule has 4 rings (SSSR count). The summed E-state index contributed by atoms with van der Waals surface area (Å²) in [7, 11) is 5.37. The van der Waals surface area contributed by atoms with Gasteiger partial charge in [-0.3, -0.25) is 9.56 Å². The lowest BCUT2D eigenvalue weighted by atomic mass is 10.0. The quantitative estimate of drug-likeness (QED) is 0.152. The van der Waals surface area contributed by atoms with E-state index in [-0.39, 0.29) is 5.39 Å². The Morgan fingerprint density at radius 2 is 1.68 bits per heavy atom. The van der Waals surface area contributed by atoms with E-state index in [0.29, 0.717) is 22.2 Å². The first kappa shape index (κ1) is 22.0. The zero-order chi connectivity index (χ0) is 22.0. The minimum absolute atomic E-state index is 0.126. The second-order valence-corrected chi connectivity index (χ2v) is 8.65. The Morgan fingerprint density at radius 3 is 2.29 bits per heavy atom. The lowest BCUT2D eigenvalue weighted by molar-refractivity contribution is -0.257. The highest BCUT2D eigenvalue weighted by atomic mass is 35.5. The maximum atomic E-state index is 13.6. The van der Waals surface area contributed by atoms with E-state index >= 15 is 0 Å². The standard InChI is InChI=1S/C22H23ClFN5OS/c1-27(2)13-12-25-31-18-10-8-16(9-11-18)15-4-6-17(7-5-15)21-19(23)14-20-22(26-21)28(20)29(24)30-3/h4-11,14,25H,12-13H2,1-3H3. The third-order valence-electron chi connectivity index (χ3n) is 4.82. The van der Waals surface area contributed by atoms with Crippen molar-refractivity contribution in [3.63, 3.8) is 0 Å². The van der Waals surface area contributed by atoms with Gasteiger partial charge in [0, 0.05) is 23.5 Å². The molecule has 0 spiro atoms. The molecule has 2 heterocycles. The van der Waals surface area contributed by atoms with Gasteiger partial charge in [-0.1, -0.05) is 52.5 Å². The molecule has 1 aliphatic rings. The van der Waals surface area contributed by atoms with Crippen LogP contribution in [0.4, 0.5) is 16.0 Å². The van der Waals surface area contributed by atoms with Crippen LogP contribution in [-0.4, -0.2) is 49.6 Å². The average molecular weight is 460 g/mol. The summed E-state index contributed by atoms with van der Waals surface area (Å²) in [6.07, 6.45) is 0. The van der Waals surface area contributed by atoms with Crippen molar-refractivity contribution >= 4 is 35.1 Å². The summed E-state index contributed by atoms with van der Waals surface area (Å²) in [5, 5.41) is 1.79. The number of hydrazine groups is 1. The first-order valence-electron chi connectivity index (χ1n) is 9.74. The zero-order valence-electron chi connectivity index (χ0n) is 17.5. The van der Waals surface area contributed by atoms with Crippen molar-refractivity contribution in [2.45, 2.75) is 4.90 Å². The fourth-order valence-corrected chi connectivity index (χ4v) is 4.01. The maximum absolute atomic E-state index is 13.6. The minimum atomic E-state index is 0.126. The van der Waals surface area contributed by atoms with Crippen LogP contribution in [0.15, 0.2) is 59.5 Å². The second kappa shape index (κ2) is 9.52. The highest BCUT2D eigenvalue weighted by Gasteiger charge is 2.39. The lowest BCUT2D eigenvalue weighted by Crippen LogP contribution is -2.22. The molecule has 0 unspecified atom stereocenters. The van der Waals surface area contributed by atoms with E-state index in [2.05, 4.69) is 57.8 Å². The molecule has 3 aromatic rings. The van der Waals surface area contributed by atoms with Crippen LogP contribution in [0.5, 0.6) is 0 Å². The molecular formula is C22H23ClFN5OS. The largest absolute Gasteiger partial charge is 0.308 e. The Bertz CT molecular complexity index is 1050. The van der Waals surface area contributed by atoms with Crippen molar-refractivity contribution in [3.8, 4) is 22.4 Å². The van der Waals surface area contributed by atoms with Gasteiger partial charge in [0.15, 0.2) is 5.82 Å². The molecule has 0 radical (unpaired) electrons. The number of benzene rings is 2. The molecule has 0 bridgehead atoms. The number of hydrogen-bond acceptors (Lipinski definition) is 7. The fraction of sp³-hybridized carbons (Fsp3) is 0.227. The third-order valence-corrected chi connectivity index (χ3v) is 5.96. The summed E-state index contributed by atoms with van der Waals surface area (Å²) in [5.74, 6) is 0.486. The van der Waals surface area contributed by atoms with Gasteiger partial charge < -0.3 is 4.90 Å². The number of aromatic nitrogens is 1. The smallest absolute Gasteiger partial charge is 0.178 e. The molecule has 1 aromatic heterocycles. The normalized spacial score (nSPS) is 12.5. The first-order chi connectivity index (χ1) is 15.0. The molecule has 162 valence electrons. The van der Waals surface area contributed by atoms with Gasteiger partial charge in [-0.2, -0.15) is 5.01 Å². The monoisotopic (exact) mass is 459 g/mol. The van der Waals surface area contributed by atoms with Crippen LogP contribution in [0.1, 0.15) is 0 Å². The topological polar surface area (TPSA) is 43.6 Å². The minimum Gasteiger partial charge on any atom is -0.308 e. The number of nitrogens with one attached hydrogen (secondary N) is 1. The van der Waals surface area contributed by atoms with Gasteiger partial charge in [-0.05, 0) is 55.4 Å². The predicted molar refractivity (Wildman–Crippen MR) is 125 cm³/mol. The van der Waals surface area contributed by atoms with Crippen molar-refractivity contribution in [1.82, 2.24) is 20.0 Å². The van der Waals surface area contributed by atoms with Gasteiger partial charge in [0.2, 0.25) is 0 Å². The van der Waals surface area contributed by atoms with Gasteiger partial charge in [0.05, 0.1) is 23.2 Å². The van der Waals surface area contributed by atoms with Gasteiger partial charge in [0.25, 0.3) is 0 Å². The summed E-state index contributed by atoms with van der Waals surface area (Å²) in [4.78, 5) is 12.3. The number of fused-ring (bicyclic) bond motifs is 1.